The minimum atomic E-state index is -1.09. The molecule has 1 aliphatic heterocycles. The third-order valence-corrected chi connectivity index (χ3v) is 3.48. The molecule has 0 aromatic heterocycles. The van der Waals surface area contributed by atoms with E-state index in [2.05, 4.69) is 0 Å². The van der Waals surface area contributed by atoms with Crippen LogP contribution in [0, 0.1) is 11.3 Å². The van der Waals surface area contributed by atoms with Crippen LogP contribution in [0.15, 0.2) is 0 Å². The molecular formula is C13H22O5. The van der Waals surface area contributed by atoms with Crippen LogP contribution in [0.2, 0.25) is 0 Å². The summed E-state index contributed by atoms with van der Waals surface area (Å²) in [5.41, 5.74) is -0.458. The Balaban J connectivity index is 1.77. The topological polar surface area (TPSA) is 65.0 Å². The summed E-state index contributed by atoms with van der Waals surface area (Å²) in [4.78, 5) is 11.7. The molecule has 2 rings (SSSR count). The summed E-state index contributed by atoms with van der Waals surface area (Å²) in [6.45, 7) is 4.87. The van der Waals surface area contributed by atoms with Crippen molar-refractivity contribution in [3.8, 4) is 0 Å². The number of ether oxygens (including phenoxy) is 3. The van der Waals surface area contributed by atoms with E-state index in [1.165, 1.54) is 0 Å². The van der Waals surface area contributed by atoms with E-state index in [1.54, 1.807) is 0 Å². The van der Waals surface area contributed by atoms with Gasteiger partial charge in [0.25, 0.3) is 6.48 Å². The zero-order valence-electron chi connectivity index (χ0n) is 11.2. The van der Waals surface area contributed by atoms with Crippen molar-refractivity contribution in [2.24, 2.45) is 11.3 Å². The van der Waals surface area contributed by atoms with E-state index in [0.29, 0.717) is 12.5 Å². The number of aliphatic hydroxyl groups excluding tert-OH is 1. The summed E-state index contributed by atoms with van der Waals surface area (Å²) >= 11 is 0. The average molecular weight is 258 g/mol. The summed E-state index contributed by atoms with van der Waals surface area (Å²) in [5, 5.41) is 9.24. The fourth-order valence-electron chi connectivity index (χ4n) is 2.38. The second-order valence-electron chi connectivity index (χ2n) is 6.18. The molecule has 1 saturated heterocycles. The summed E-state index contributed by atoms with van der Waals surface area (Å²) in [7, 11) is 0. The van der Waals surface area contributed by atoms with Crippen molar-refractivity contribution in [2.75, 3.05) is 6.61 Å². The first kappa shape index (κ1) is 13.8. The van der Waals surface area contributed by atoms with E-state index in [0.717, 1.165) is 19.3 Å². The highest BCUT2D eigenvalue weighted by Crippen LogP contribution is 2.34. The Labute approximate surface area is 107 Å². The molecule has 104 valence electrons. The summed E-state index contributed by atoms with van der Waals surface area (Å²) in [6.07, 6.45) is 2.49. The smallest absolute Gasteiger partial charge is 0.311 e. The predicted molar refractivity (Wildman–Crippen MR) is 63.5 cm³/mol. The van der Waals surface area contributed by atoms with Crippen molar-refractivity contribution in [3.63, 3.8) is 0 Å². The Bertz CT molecular complexity index is 309. The molecule has 0 spiro atoms. The lowest BCUT2D eigenvalue weighted by atomic mass is 9.86. The lowest BCUT2D eigenvalue weighted by Crippen LogP contribution is -2.34. The van der Waals surface area contributed by atoms with E-state index in [1.807, 2.05) is 20.8 Å². The Morgan fingerprint density at radius 2 is 1.94 bits per heavy atom. The molecule has 2 fully saturated rings. The van der Waals surface area contributed by atoms with E-state index in [4.69, 9.17) is 14.2 Å². The van der Waals surface area contributed by atoms with Crippen LogP contribution in [-0.2, 0) is 19.0 Å². The third-order valence-electron chi connectivity index (χ3n) is 3.48. The highest BCUT2D eigenvalue weighted by atomic mass is 16.8. The quantitative estimate of drug-likeness (QED) is 0.759. The van der Waals surface area contributed by atoms with Gasteiger partial charge in [0.05, 0.1) is 24.2 Å². The monoisotopic (exact) mass is 258 g/mol. The van der Waals surface area contributed by atoms with Gasteiger partial charge in [0, 0.05) is 0 Å². The van der Waals surface area contributed by atoms with Gasteiger partial charge >= 0.3 is 5.97 Å². The molecule has 0 amide bonds. The number of aliphatic hydroxyl groups is 1. The largest absolute Gasteiger partial charge is 0.465 e. The molecular weight excluding hydrogens is 236 g/mol. The Hall–Kier alpha value is -0.650. The van der Waals surface area contributed by atoms with Gasteiger partial charge in [-0.05, 0) is 46.0 Å². The van der Waals surface area contributed by atoms with Gasteiger partial charge in [0.15, 0.2) is 0 Å². The summed E-state index contributed by atoms with van der Waals surface area (Å²) in [6, 6.07) is 0. The van der Waals surface area contributed by atoms with Crippen molar-refractivity contribution < 1.29 is 24.1 Å². The number of fused-ring (bicyclic) bond motifs is 1. The van der Waals surface area contributed by atoms with E-state index >= 15 is 0 Å². The Morgan fingerprint density at radius 3 is 2.61 bits per heavy atom. The van der Waals surface area contributed by atoms with E-state index in [-0.39, 0.29) is 18.2 Å². The number of carbonyl (C=O) groups is 1. The lowest BCUT2D eigenvalue weighted by Gasteiger charge is -2.29. The first-order chi connectivity index (χ1) is 8.36. The van der Waals surface area contributed by atoms with Gasteiger partial charge < -0.3 is 19.3 Å². The first-order valence-electron chi connectivity index (χ1n) is 6.52. The van der Waals surface area contributed by atoms with Crippen LogP contribution in [0.5, 0.6) is 0 Å². The molecule has 18 heavy (non-hydrogen) atoms. The van der Waals surface area contributed by atoms with Crippen LogP contribution in [0.25, 0.3) is 0 Å². The van der Waals surface area contributed by atoms with Crippen LogP contribution >= 0.6 is 0 Å². The molecule has 1 saturated carbocycles. The highest BCUT2D eigenvalue weighted by Gasteiger charge is 2.40. The fraction of sp³-hybridized carbons (Fsp3) is 0.923. The molecule has 1 heterocycles. The molecule has 2 aliphatic rings. The van der Waals surface area contributed by atoms with Crippen LogP contribution in [0.1, 0.15) is 40.0 Å². The van der Waals surface area contributed by atoms with Gasteiger partial charge in [-0.25, -0.2) is 0 Å². The minimum absolute atomic E-state index is 0.00503. The molecule has 1 aliphatic carbocycles. The summed E-state index contributed by atoms with van der Waals surface area (Å²) in [5.74, 6) is 0.125. The van der Waals surface area contributed by atoms with Crippen molar-refractivity contribution in [3.05, 3.63) is 0 Å². The van der Waals surface area contributed by atoms with Crippen molar-refractivity contribution in [1.82, 2.24) is 0 Å². The maximum Gasteiger partial charge on any atom is 0.311 e. The minimum Gasteiger partial charge on any atom is -0.465 e. The highest BCUT2D eigenvalue weighted by molar-refractivity contribution is 5.75. The number of rotatable bonds is 2. The summed E-state index contributed by atoms with van der Waals surface area (Å²) < 4.78 is 15.8. The molecule has 5 heteroatoms. The maximum atomic E-state index is 11.7. The molecule has 0 aromatic rings. The molecule has 0 bridgehead atoms. The standard InChI is InChI=1S/C13H22O5/c1-13(2,3)11(14)16-7-8-4-5-9-10(6-8)18-12(15)17-9/h8-10,12,15H,4-7H2,1-3H3. The van der Waals surface area contributed by atoms with Crippen LogP contribution < -0.4 is 0 Å². The van der Waals surface area contributed by atoms with Crippen molar-refractivity contribution >= 4 is 5.97 Å². The van der Waals surface area contributed by atoms with Crippen molar-refractivity contribution in [2.45, 2.75) is 58.7 Å². The normalized spacial score (nSPS) is 36.2. The number of hydrogen-bond donors (Lipinski definition) is 1. The van der Waals surface area contributed by atoms with Crippen LogP contribution in [0.3, 0.4) is 0 Å². The molecule has 1 N–H and O–H groups in total. The maximum absolute atomic E-state index is 11.7. The molecule has 0 radical (unpaired) electrons. The van der Waals surface area contributed by atoms with E-state index in [9.17, 15) is 9.90 Å². The van der Waals surface area contributed by atoms with Crippen molar-refractivity contribution in [1.29, 1.82) is 0 Å². The molecule has 0 aromatic carbocycles. The van der Waals surface area contributed by atoms with Gasteiger partial charge in [-0.3, -0.25) is 4.79 Å². The zero-order valence-corrected chi connectivity index (χ0v) is 11.2. The van der Waals surface area contributed by atoms with Gasteiger partial charge in [-0.1, -0.05) is 0 Å². The average Bonchev–Trinajstić information content (AvgIpc) is 2.63. The van der Waals surface area contributed by atoms with Gasteiger partial charge in [0.2, 0.25) is 0 Å². The van der Waals surface area contributed by atoms with Crippen LogP contribution in [0.4, 0.5) is 0 Å². The third kappa shape index (κ3) is 3.22. The zero-order chi connectivity index (χ0) is 13.3. The van der Waals surface area contributed by atoms with Crippen LogP contribution in [-0.4, -0.2) is 36.4 Å². The molecule has 4 atom stereocenters. The molecule has 5 nitrogen and oxygen atoms in total. The predicted octanol–water partition coefficient (Wildman–Crippen LogP) is 1.44. The number of esters is 1. The van der Waals surface area contributed by atoms with Gasteiger partial charge in [-0.2, -0.15) is 0 Å². The number of hydrogen-bond acceptors (Lipinski definition) is 5. The second-order valence-corrected chi connectivity index (χ2v) is 6.18. The lowest BCUT2D eigenvalue weighted by molar-refractivity contribution is -0.210. The Kier molecular flexibility index (Phi) is 3.94. The first-order valence-corrected chi connectivity index (χ1v) is 6.52. The fourth-order valence-corrected chi connectivity index (χ4v) is 2.38. The van der Waals surface area contributed by atoms with Gasteiger partial charge in [-0.15, -0.1) is 0 Å². The van der Waals surface area contributed by atoms with E-state index < -0.39 is 11.9 Å². The number of carbonyl (C=O) groups excluding carboxylic acids is 1. The SMILES string of the molecule is CC(C)(C)C(=O)OCC1CCC2OC(O)OC2C1. The molecule has 4 unspecified atom stereocenters. The second kappa shape index (κ2) is 5.15. The van der Waals surface area contributed by atoms with Gasteiger partial charge in [0.1, 0.15) is 0 Å². The Morgan fingerprint density at radius 1 is 1.28 bits per heavy atom.